The number of rotatable bonds is 3. The molecule has 2 aromatic carbocycles. The van der Waals surface area contributed by atoms with Crippen LogP contribution in [-0.4, -0.2) is 23.2 Å². The quantitative estimate of drug-likeness (QED) is 0.686. The van der Waals surface area contributed by atoms with Crippen LogP contribution in [0.5, 0.6) is 0 Å². The number of carbonyl (C=O) groups is 3. The Bertz CT molecular complexity index is 658. The Morgan fingerprint density at radius 3 is 1.76 bits per heavy atom. The van der Waals surface area contributed by atoms with Crippen LogP contribution in [0.15, 0.2) is 60.7 Å². The molecule has 0 aromatic heterocycles. The maximum atomic E-state index is 12.5. The van der Waals surface area contributed by atoms with Gasteiger partial charge in [0.2, 0.25) is 6.41 Å². The van der Waals surface area contributed by atoms with Gasteiger partial charge >= 0.3 is 6.03 Å². The number of urea groups is 1. The van der Waals surface area contributed by atoms with E-state index in [9.17, 15) is 14.4 Å². The van der Waals surface area contributed by atoms with E-state index in [0.717, 1.165) is 4.90 Å². The third kappa shape index (κ3) is 1.74. The number of nitrogens with one attached hydrogen (secondary N) is 1. The van der Waals surface area contributed by atoms with Crippen LogP contribution >= 0.6 is 0 Å². The molecule has 0 spiro atoms. The predicted octanol–water partition coefficient (Wildman–Crippen LogP) is 1.64. The van der Waals surface area contributed by atoms with Gasteiger partial charge in [-0.25, -0.2) is 9.69 Å². The third-order valence-electron chi connectivity index (χ3n) is 3.62. The zero-order chi connectivity index (χ0) is 14.9. The smallest absolute Gasteiger partial charge is 0.278 e. The van der Waals surface area contributed by atoms with Crippen molar-refractivity contribution >= 4 is 18.3 Å². The average molecular weight is 280 g/mol. The molecule has 3 rings (SSSR count). The first-order valence-corrected chi connectivity index (χ1v) is 6.42. The summed E-state index contributed by atoms with van der Waals surface area (Å²) >= 11 is 0. The van der Waals surface area contributed by atoms with Gasteiger partial charge in [0.1, 0.15) is 0 Å². The van der Waals surface area contributed by atoms with Gasteiger partial charge in [0.25, 0.3) is 5.91 Å². The van der Waals surface area contributed by atoms with Crippen molar-refractivity contribution in [2.75, 3.05) is 0 Å². The molecule has 0 bridgehead atoms. The van der Waals surface area contributed by atoms with Gasteiger partial charge in [-0.05, 0) is 11.1 Å². The highest BCUT2D eigenvalue weighted by Gasteiger charge is 2.55. The minimum atomic E-state index is -1.46. The number of carbonyl (C=O) groups excluding carboxylic acids is 3. The van der Waals surface area contributed by atoms with E-state index < -0.39 is 17.5 Å². The van der Waals surface area contributed by atoms with Crippen LogP contribution in [0.25, 0.3) is 0 Å². The Morgan fingerprint density at radius 1 is 0.857 bits per heavy atom. The van der Waals surface area contributed by atoms with E-state index in [4.69, 9.17) is 0 Å². The van der Waals surface area contributed by atoms with E-state index in [1.54, 1.807) is 48.5 Å². The predicted molar refractivity (Wildman–Crippen MR) is 75.1 cm³/mol. The van der Waals surface area contributed by atoms with Gasteiger partial charge < -0.3 is 0 Å². The lowest BCUT2D eigenvalue weighted by Crippen LogP contribution is -2.47. The lowest BCUT2D eigenvalue weighted by molar-refractivity contribution is -0.130. The summed E-state index contributed by atoms with van der Waals surface area (Å²) in [6, 6.07) is 16.8. The number of hydrogen-bond donors (Lipinski definition) is 1. The fraction of sp³-hybridized carbons (Fsp3) is 0.0625. The fourth-order valence-electron chi connectivity index (χ4n) is 2.70. The largest absolute Gasteiger partial charge is 0.332 e. The van der Waals surface area contributed by atoms with E-state index >= 15 is 0 Å². The van der Waals surface area contributed by atoms with Crippen molar-refractivity contribution in [1.82, 2.24) is 10.2 Å². The van der Waals surface area contributed by atoms with Crippen LogP contribution in [0, 0.1) is 0 Å². The lowest BCUT2D eigenvalue weighted by Gasteiger charge is -2.32. The minimum absolute atomic E-state index is 0.389. The standard InChI is InChI=1S/C16H12N2O3/c19-11-18-15(21)17-14(20)16(18,12-7-3-1-4-8-12)13-9-5-2-6-10-13/h1-11H,(H,17,20,21). The van der Waals surface area contributed by atoms with Gasteiger partial charge in [0.15, 0.2) is 5.54 Å². The van der Waals surface area contributed by atoms with Crippen molar-refractivity contribution in [1.29, 1.82) is 0 Å². The van der Waals surface area contributed by atoms with Gasteiger partial charge in [-0.2, -0.15) is 0 Å². The molecule has 0 atom stereocenters. The van der Waals surface area contributed by atoms with Crippen molar-refractivity contribution in [3.8, 4) is 0 Å². The highest BCUT2D eigenvalue weighted by atomic mass is 16.2. The Labute approximate surface area is 121 Å². The molecular weight excluding hydrogens is 268 g/mol. The molecule has 5 nitrogen and oxygen atoms in total. The van der Waals surface area contributed by atoms with Crippen molar-refractivity contribution in [3.63, 3.8) is 0 Å². The summed E-state index contributed by atoms with van der Waals surface area (Å²) in [6.45, 7) is 0. The molecular formula is C16H12N2O3. The van der Waals surface area contributed by atoms with Gasteiger partial charge in [0.05, 0.1) is 0 Å². The van der Waals surface area contributed by atoms with Crippen molar-refractivity contribution in [2.24, 2.45) is 0 Å². The maximum Gasteiger partial charge on any atom is 0.332 e. The summed E-state index contributed by atoms with van der Waals surface area (Å²) in [4.78, 5) is 36.8. The molecule has 21 heavy (non-hydrogen) atoms. The second kappa shape index (κ2) is 4.86. The first-order chi connectivity index (χ1) is 10.2. The molecule has 1 heterocycles. The van der Waals surface area contributed by atoms with Crippen LogP contribution in [0.3, 0.4) is 0 Å². The molecule has 0 aliphatic carbocycles. The summed E-state index contributed by atoms with van der Waals surface area (Å²) < 4.78 is 0. The summed E-state index contributed by atoms with van der Waals surface area (Å²) in [5.41, 5.74) is -0.334. The highest BCUT2D eigenvalue weighted by Crippen LogP contribution is 2.38. The molecule has 2 aromatic rings. The minimum Gasteiger partial charge on any atom is -0.278 e. The first-order valence-electron chi connectivity index (χ1n) is 6.42. The van der Waals surface area contributed by atoms with E-state index in [2.05, 4.69) is 5.32 Å². The summed E-state index contributed by atoms with van der Waals surface area (Å²) in [5, 5.41) is 2.22. The van der Waals surface area contributed by atoms with Crippen molar-refractivity contribution in [3.05, 3.63) is 71.8 Å². The number of nitrogens with zero attached hydrogens (tertiary/aromatic N) is 1. The zero-order valence-corrected chi connectivity index (χ0v) is 11.0. The van der Waals surface area contributed by atoms with E-state index in [-0.39, 0.29) is 0 Å². The zero-order valence-electron chi connectivity index (χ0n) is 11.0. The monoisotopic (exact) mass is 280 g/mol. The molecule has 0 saturated carbocycles. The Balaban J connectivity index is 2.33. The van der Waals surface area contributed by atoms with Crippen LogP contribution in [-0.2, 0) is 15.1 Å². The fourth-order valence-corrected chi connectivity index (χ4v) is 2.70. The summed E-state index contributed by atoms with van der Waals surface area (Å²) in [7, 11) is 0. The molecule has 1 saturated heterocycles. The molecule has 0 unspecified atom stereocenters. The number of imide groups is 2. The summed E-state index contributed by atoms with van der Waals surface area (Å²) in [5.74, 6) is -0.531. The van der Waals surface area contributed by atoms with Gasteiger partial charge in [-0.1, -0.05) is 60.7 Å². The second-order valence-corrected chi connectivity index (χ2v) is 4.68. The molecule has 1 N–H and O–H groups in total. The van der Waals surface area contributed by atoms with Crippen molar-refractivity contribution in [2.45, 2.75) is 5.54 Å². The SMILES string of the molecule is O=CN1C(=O)NC(=O)C1(c1ccccc1)c1ccccc1. The molecule has 0 radical (unpaired) electrons. The first kappa shape index (κ1) is 13.1. The molecule has 1 aliphatic heterocycles. The summed E-state index contributed by atoms with van der Waals surface area (Å²) in [6.07, 6.45) is 0.389. The van der Waals surface area contributed by atoms with Crippen LogP contribution in [0.1, 0.15) is 11.1 Å². The normalized spacial score (nSPS) is 16.7. The third-order valence-corrected chi connectivity index (χ3v) is 3.62. The number of hydrogen-bond acceptors (Lipinski definition) is 3. The Kier molecular flexibility index (Phi) is 3.02. The van der Waals surface area contributed by atoms with Crippen molar-refractivity contribution < 1.29 is 14.4 Å². The second-order valence-electron chi connectivity index (χ2n) is 4.68. The number of benzene rings is 2. The maximum absolute atomic E-state index is 12.5. The molecule has 104 valence electrons. The number of amides is 4. The van der Waals surface area contributed by atoms with E-state index in [0.29, 0.717) is 17.5 Å². The lowest BCUT2D eigenvalue weighted by atomic mass is 9.82. The molecule has 5 heteroatoms. The van der Waals surface area contributed by atoms with Gasteiger partial charge in [-0.3, -0.25) is 14.9 Å². The Hall–Kier alpha value is -2.95. The molecule has 4 amide bonds. The van der Waals surface area contributed by atoms with Crippen LogP contribution in [0.4, 0.5) is 4.79 Å². The molecule has 1 fully saturated rings. The van der Waals surface area contributed by atoms with E-state index in [1.807, 2.05) is 12.1 Å². The van der Waals surface area contributed by atoms with Crippen LogP contribution < -0.4 is 5.32 Å². The Morgan fingerprint density at radius 2 is 1.33 bits per heavy atom. The topological polar surface area (TPSA) is 66.5 Å². The van der Waals surface area contributed by atoms with Gasteiger partial charge in [0, 0.05) is 0 Å². The van der Waals surface area contributed by atoms with Crippen LogP contribution in [0.2, 0.25) is 0 Å². The highest BCUT2D eigenvalue weighted by molar-refractivity contribution is 6.13. The van der Waals surface area contributed by atoms with Gasteiger partial charge in [-0.15, -0.1) is 0 Å². The average Bonchev–Trinajstić information content (AvgIpc) is 2.79. The molecule has 1 aliphatic rings. The van der Waals surface area contributed by atoms with E-state index in [1.165, 1.54) is 0 Å².